The van der Waals surface area contributed by atoms with Crippen molar-refractivity contribution in [2.24, 2.45) is 15.8 Å². The van der Waals surface area contributed by atoms with Crippen molar-refractivity contribution in [2.75, 3.05) is 42.8 Å². The normalized spacial score (nSPS) is 25.1. The van der Waals surface area contributed by atoms with Crippen LogP contribution in [-0.4, -0.2) is 63.9 Å². The summed E-state index contributed by atoms with van der Waals surface area (Å²) in [4.78, 5) is 11.6. The number of nitrogens with zero attached hydrogens (tertiary/aromatic N) is 6. The molecule has 0 amide bonds. The van der Waals surface area contributed by atoms with E-state index in [9.17, 15) is 10.5 Å². The molecule has 0 aliphatic carbocycles. The van der Waals surface area contributed by atoms with Crippen LogP contribution in [0.3, 0.4) is 0 Å². The Balaban J connectivity index is 1.56. The fraction of sp³-hybridized carbons (Fsp3) is 0.333. The SMILES string of the molecule is CCOc1ccccc1C1C2(C#N)CN(c3ccc(C)cc3)CC1(C#N)C1=NCN(c3ccc(C)cc3)CN1C2=[Se]. The zero-order valence-corrected chi connectivity index (χ0v) is 25.3. The minimum atomic E-state index is -1.10. The molecule has 41 heavy (non-hydrogen) atoms. The summed E-state index contributed by atoms with van der Waals surface area (Å²) in [5.41, 5.74) is 3.12. The molecule has 3 aliphatic heterocycles. The van der Waals surface area contributed by atoms with E-state index in [1.54, 1.807) is 0 Å². The van der Waals surface area contributed by atoms with Crippen molar-refractivity contribution in [3.8, 4) is 17.9 Å². The Labute approximate surface area is 249 Å². The Morgan fingerprint density at radius 3 is 2.07 bits per heavy atom. The molecule has 6 rings (SSSR count). The first-order chi connectivity index (χ1) is 19.9. The van der Waals surface area contributed by atoms with Crippen LogP contribution in [0.4, 0.5) is 11.4 Å². The number of rotatable bonds is 5. The molecule has 3 aromatic rings. The van der Waals surface area contributed by atoms with Gasteiger partial charge in [0.15, 0.2) is 0 Å². The van der Waals surface area contributed by atoms with Crippen molar-refractivity contribution >= 4 is 37.3 Å². The summed E-state index contributed by atoms with van der Waals surface area (Å²) in [6, 6.07) is 30.1. The molecule has 206 valence electrons. The van der Waals surface area contributed by atoms with Crippen LogP contribution in [0, 0.1) is 47.3 Å². The molecule has 3 unspecified atom stereocenters. The number of aryl methyl sites for hydroxylation is 2. The molecular weight excluding hydrogens is 575 g/mol. The molecule has 2 bridgehead atoms. The van der Waals surface area contributed by atoms with Gasteiger partial charge in [0.05, 0.1) is 0 Å². The van der Waals surface area contributed by atoms with Gasteiger partial charge in [0.2, 0.25) is 0 Å². The van der Waals surface area contributed by atoms with Crippen molar-refractivity contribution in [1.29, 1.82) is 10.5 Å². The Hall–Kier alpha value is -4.10. The van der Waals surface area contributed by atoms with Gasteiger partial charge in [0.25, 0.3) is 0 Å². The molecule has 0 aromatic heterocycles. The third-order valence-electron chi connectivity index (χ3n) is 8.58. The fourth-order valence-corrected chi connectivity index (χ4v) is 7.43. The number of hydrogen-bond donors (Lipinski definition) is 0. The molecule has 8 heteroatoms. The van der Waals surface area contributed by atoms with E-state index in [0.29, 0.717) is 44.6 Å². The summed E-state index contributed by atoms with van der Waals surface area (Å²) in [7, 11) is 0. The first-order valence-electron chi connectivity index (χ1n) is 13.9. The van der Waals surface area contributed by atoms with Crippen LogP contribution < -0.4 is 14.5 Å². The van der Waals surface area contributed by atoms with Gasteiger partial charge in [0, 0.05) is 0 Å². The number of nitriles is 2. The van der Waals surface area contributed by atoms with E-state index < -0.39 is 16.7 Å². The molecule has 2 fully saturated rings. The Morgan fingerprint density at radius 2 is 1.46 bits per heavy atom. The van der Waals surface area contributed by atoms with Crippen LogP contribution in [0.2, 0.25) is 0 Å². The second kappa shape index (κ2) is 10.4. The van der Waals surface area contributed by atoms with Crippen molar-refractivity contribution in [3.63, 3.8) is 0 Å². The molecule has 0 spiro atoms. The summed E-state index contributed by atoms with van der Waals surface area (Å²) in [6.45, 7) is 8.34. The fourth-order valence-electron chi connectivity index (χ4n) is 6.65. The number of hydrogen-bond acceptors (Lipinski definition) is 7. The average Bonchev–Trinajstić information content (AvgIpc) is 3.00. The van der Waals surface area contributed by atoms with Gasteiger partial charge in [-0.1, -0.05) is 0 Å². The topological polar surface area (TPSA) is 78.9 Å². The van der Waals surface area contributed by atoms with Crippen LogP contribution in [-0.2, 0) is 0 Å². The predicted octanol–water partition coefficient (Wildman–Crippen LogP) is 4.77. The number of anilines is 2. The summed E-state index contributed by atoms with van der Waals surface area (Å²) in [5, 5.41) is 22.4. The van der Waals surface area contributed by atoms with E-state index in [0.717, 1.165) is 27.0 Å². The van der Waals surface area contributed by atoms with Gasteiger partial charge in [-0.2, -0.15) is 0 Å². The van der Waals surface area contributed by atoms with Crippen LogP contribution in [0.25, 0.3) is 0 Å². The van der Waals surface area contributed by atoms with Gasteiger partial charge >= 0.3 is 250 Å². The third kappa shape index (κ3) is 4.22. The molecule has 3 aromatic carbocycles. The molecule has 0 saturated carbocycles. The van der Waals surface area contributed by atoms with E-state index in [-0.39, 0.29) is 0 Å². The van der Waals surface area contributed by atoms with Crippen LogP contribution in [0.1, 0.15) is 29.5 Å². The number of piperidine rings is 2. The first-order valence-corrected chi connectivity index (χ1v) is 14.8. The van der Waals surface area contributed by atoms with E-state index in [1.807, 2.05) is 31.2 Å². The molecule has 0 N–H and O–H groups in total. The molecule has 3 heterocycles. The number of benzene rings is 3. The van der Waals surface area contributed by atoms with Crippen LogP contribution >= 0.6 is 0 Å². The van der Waals surface area contributed by atoms with Crippen molar-refractivity contribution < 1.29 is 4.74 Å². The summed E-state index contributed by atoms with van der Waals surface area (Å²) in [5.74, 6) is 0.935. The van der Waals surface area contributed by atoms with E-state index in [1.165, 1.54) is 5.56 Å². The maximum atomic E-state index is 11.2. The monoisotopic (exact) mass is 608 g/mol. The summed E-state index contributed by atoms with van der Waals surface area (Å²) in [6.07, 6.45) is 0. The maximum absolute atomic E-state index is 11.2. The quantitative estimate of drug-likeness (QED) is 0.389. The van der Waals surface area contributed by atoms with Gasteiger partial charge in [-0.05, 0) is 0 Å². The molecule has 0 radical (unpaired) electrons. The second-order valence-electron chi connectivity index (χ2n) is 11.1. The number of para-hydroxylation sites is 1. The Morgan fingerprint density at radius 1 is 0.878 bits per heavy atom. The predicted molar refractivity (Wildman–Crippen MR) is 163 cm³/mol. The molecule has 3 atom stereocenters. The summed E-state index contributed by atoms with van der Waals surface area (Å²) < 4.78 is 6.89. The van der Waals surface area contributed by atoms with Crippen LogP contribution in [0.15, 0.2) is 77.8 Å². The minimum absolute atomic E-state index is 0.411. The van der Waals surface area contributed by atoms with Crippen LogP contribution in [0.5, 0.6) is 5.75 Å². The number of aliphatic imine (C=N–C) groups is 1. The van der Waals surface area contributed by atoms with Gasteiger partial charge < -0.3 is 0 Å². The van der Waals surface area contributed by atoms with Gasteiger partial charge in [-0.3, -0.25) is 0 Å². The van der Waals surface area contributed by atoms with E-state index in [2.05, 4.69) is 105 Å². The molecule has 3 aliphatic rings. The number of fused-ring (bicyclic) bond motifs is 4. The number of amidine groups is 1. The van der Waals surface area contributed by atoms with Gasteiger partial charge in [-0.15, -0.1) is 0 Å². The Kier molecular flexibility index (Phi) is 6.86. The zero-order valence-electron chi connectivity index (χ0n) is 23.5. The molecule has 2 saturated heterocycles. The van der Waals surface area contributed by atoms with E-state index >= 15 is 0 Å². The second-order valence-corrected chi connectivity index (χ2v) is 11.9. The third-order valence-corrected chi connectivity index (χ3v) is 9.80. The average molecular weight is 608 g/mol. The zero-order chi connectivity index (χ0) is 28.8. The standard InChI is InChI=1S/C33H32N6OSe/c1-4-40-28-8-6-5-7-27(28)29-32(17-34)19-37(25-13-9-23(2)10-14-25)20-33(29,18-35)31(41)39-22-38(21-36-30(32)39)26-15-11-24(3)12-16-26/h5-16,29H,4,19-22H2,1-3H3. The van der Waals surface area contributed by atoms with Gasteiger partial charge in [-0.25, -0.2) is 0 Å². The first kappa shape index (κ1) is 27.1. The van der Waals surface area contributed by atoms with Crippen molar-refractivity contribution in [3.05, 3.63) is 89.5 Å². The Bertz CT molecular complexity index is 1600. The summed E-state index contributed by atoms with van der Waals surface area (Å²) >= 11 is 3.32. The van der Waals surface area contributed by atoms with Gasteiger partial charge in [0.1, 0.15) is 0 Å². The van der Waals surface area contributed by atoms with Crippen molar-refractivity contribution in [1.82, 2.24) is 4.90 Å². The number of ether oxygens (including phenoxy) is 1. The van der Waals surface area contributed by atoms with E-state index in [4.69, 9.17) is 9.73 Å². The molecule has 7 nitrogen and oxygen atoms in total. The van der Waals surface area contributed by atoms with Crippen molar-refractivity contribution in [2.45, 2.75) is 26.7 Å². The molecular formula is C33H32N6OSe.